The Kier molecular flexibility index (Phi) is 9.61. The number of rotatable bonds is 9. The molecular weight excluding hydrogens is 424 g/mol. The van der Waals surface area contributed by atoms with Crippen LogP contribution in [0.2, 0.25) is 0 Å². The zero-order valence-electron chi connectivity index (χ0n) is 18.5. The van der Waals surface area contributed by atoms with Gasteiger partial charge in [0.25, 0.3) is 0 Å². The highest BCUT2D eigenvalue weighted by Gasteiger charge is 2.50. The molecule has 0 radical (unpaired) electrons. The molecule has 1 aliphatic rings. The van der Waals surface area contributed by atoms with Crippen molar-refractivity contribution in [1.29, 1.82) is 0 Å². The summed E-state index contributed by atoms with van der Waals surface area (Å²) in [6.07, 6.45) is -5.37. The van der Waals surface area contributed by atoms with Gasteiger partial charge in [-0.2, -0.15) is 0 Å². The fourth-order valence-electron chi connectivity index (χ4n) is 3.17. The van der Waals surface area contributed by atoms with E-state index in [1.54, 1.807) is 6.92 Å². The Morgan fingerprint density at radius 3 is 2.00 bits per heavy atom. The van der Waals surface area contributed by atoms with E-state index in [9.17, 15) is 19.2 Å². The van der Waals surface area contributed by atoms with Crippen molar-refractivity contribution in [3.8, 4) is 0 Å². The van der Waals surface area contributed by atoms with Gasteiger partial charge >= 0.3 is 23.9 Å². The van der Waals surface area contributed by atoms with Crippen LogP contribution < -0.4 is 0 Å². The fourth-order valence-corrected chi connectivity index (χ4v) is 3.17. The quantitative estimate of drug-likeness (QED) is 0.404. The lowest BCUT2D eigenvalue weighted by molar-refractivity contribution is -0.300. The van der Waals surface area contributed by atoms with Crippen molar-refractivity contribution in [2.24, 2.45) is 0 Å². The molecule has 5 atom stereocenters. The normalized spacial score (nSPS) is 24.8. The predicted molar refractivity (Wildman–Crippen MR) is 108 cm³/mol. The molecule has 0 N–H and O–H groups in total. The second-order valence-corrected chi connectivity index (χ2v) is 7.20. The largest absolute Gasteiger partial charge is 0.461 e. The number of esters is 4. The Bertz CT molecular complexity index is 793. The third-order valence-electron chi connectivity index (χ3n) is 4.46. The lowest BCUT2D eigenvalue weighted by atomic mass is 9.99. The molecule has 1 fully saturated rings. The maximum atomic E-state index is 12.0. The first-order valence-corrected chi connectivity index (χ1v) is 10.2. The van der Waals surface area contributed by atoms with Crippen LogP contribution in [0.1, 0.15) is 39.7 Å². The first-order chi connectivity index (χ1) is 15.2. The molecular formula is C22H28O10. The van der Waals surface area contributed by atoms with Crippen molar-refractivity contribution in [3.63, 3.8) is 0 Å². The van der Waals surface area contributed by atoms with Gasteiger partial charge in [-0.25, -0.2) is 0 Å². The standard InChI is InChI=1S/C22H28O10/c1-13-19(30-14(2)23)20(31-15(3)24)21(32-16(4)25)22(29-13)27-11-10-18(26)28-12-17-8-6-5-7-9-17/h5-9,13,19-22H,10-12H2,1-4H3/t13?,19-,20?,21?,22+/m0/s1. The summed E-state index contributed by atoms with van der Waals surface area (Å²) >= 11 is 0. The van der Waals surface area contributed by atoms with Crippen LogP contribution in [-0.4, -0.2) is 61.2 Å². The number of ether oxygens (including phenoxy) is 6. The van der Waals surface area contributed by atoms with E-state index in [4.69, 9.17) is 28.4 Å². The highest BCUT2D eigenvalue weighted by atomic mass is 16.7. The lowest BCUT2D eigenvalue weighted by Crippen LogP contribution is -2.61. The number of benzene rings is 1. The molecule has 0 amide bonds. The molecule has 1 aromatic carbocycles. The van der Waals surface area contributed by atoms with Crippen molar-refractivity contribution in [3.05, 3.63) is 35.9 Å². The van der Waals surface area contributed by atoms with Crippen molar-refractivity contribution in [1.82, 2.24) is 0 Å². The summed E-state index contributed by atoms with van der Waals surface area (Å²) in [5.41, 5.74) is 0.849. The van der Waals surface area contributed by atoms with Crippen LogP contribution in [0.5, 0.6) is 0 Å². The highest BCUT2D eigenvalue weighted by Crippen LogP contribution is 2.29. The van der Waals surface area contributed by atoms with E-state index in [0.717, 1.165) is 5.56 Å². The molecule has 1 aliphatic heterocycles. The third-order valence-corrected chi connectivity index (χ3v) is 4.46. The maximum absolute atomic E-state index is 12.0. The van der Waals surface area contributed by atoms with E-state index in [-0.39, 0.29) is 19.6 Å². The van der Waals surface area contributed by atoms with Crippen molar-refractivity contribution >= 4 is 23.9 Å². The second-order valence-electron chi connectivity index (χ2n) is 7.20. The van der Waals surface area contributed by atoms with Crippen LogP contribution in [-0.2, 0) is 54.2 Å². The smallest absolute Gasteiger partial charge is 0.308 e. The van der Waals surface area contributed by atoms with Gasteiger partial charge in [-0.05, 0) is 12.5 Å². The van der Waals surface area contributed by atoms with Crippen LogP contribution in [0.3, 0.4) is 0 Å². The fraction of sp³-hybridized carbons (Fsp3) is 0.545. The minimum absolute atomic E-state index is 0.0839. The lowest BCUT2D eigenvalue weighted by Gasteiger charge is -2.43. The molecule has 0 aliphatic carbocycles. The molecule has 0 saturated carbocycles. The molecule has 3 unspecified atom stereocenters. The third kappa shape index (κ3) is 7.93. The van der Waals surface area contributed by atoms with E-state index >= 15 is 0 Å². The Hall–Kier alpha value is -2.98. The van der Waals surface area contributed by atoms with Gasteiger partial charge in [-0.1, -0.05) is 30.3 Å². The molecule has 0 bridgehead atoms. The topological polar surface area (TPSA) is 124 Å². The Morgan fingerprint density at radius 2 is 1.41 bits per heavy atom. The van der Waals surface area contributed by atoms with Crippen LogP contribution >= 0.6 is 0 Å². The maximum Gasteiger partial charge on any atom is 0.308 e. The van der Waals surface area contributed by atoms with E-state index < -0.39 is 54.6 Å². The van der Waals surface area contributed by atoms with Gasteiger partial charge in [-0.3, -0.25) is 19.2 Å². The van der Waals surface area contributed by atoms with Gasteiger partial charge in [0, 0.05) is 20.8 Å². The van der Waals surface area contributed by atoms with Crippen molar-refractivity contribution in [2.45, 2.75) is 71.4 Å². The molecule has 10 nitrogen and oxygen atoms in total. The molecule has 176 valence electrons. The van der Waals surface area contributed by atoms with Gasteiger partial charge < -0.3 is 28.4 Å². The highest BCUT2D eigenvalue weighted by molar-refractivity contribution is 5.69. The van der Waals surface area contributed by atoms with E-state index in [1.165, 1.54) is 20.8 Å². The molecule has 1 heterocycles. The molecule has 2 rings (SSSR count). The average Bonchev–Trinajstić information content (AvgIpc) is 2.71. The Labute approximate surface area is 186 Å². The molecule has 1 aromatic rings. The number of carbonyl (C=O) groups is 4. The van der Waals surface area contributed by atoms with Crippen molar-refractivity contribution < 1.29 is 47.6 Å². The van der Waals surface area contributed by atoms with E-state index in [1.807, 2.05) is 30.3 Å². The second kappa shape index (κ2) is 12.2. The van der Waals surface area contributed by atoms with E-state index in [0.29, 0.717) is 0 Å². The summed E-state index contributed by atoms with van der Waals surface area (Å²) in [4.78, 5) is 46.8. The average molecular weight is 452 g/mol. The summed E-state index contributed by atoms with van der Waals surface area (Å²) in [5, 5.41) is 0. The first-order valence-electron chi connectivity index (χ1n) is 10.2. The molecule has 1 saturated heterocycles. The molecule has 0 spiro atoms. The Balaban J connectivity index is 2.00. The minimum atomic E-state index is -1.21. The summed E-state index contributed by atoms with van der Waals surface area (Å²) in [6, 6.07) is 9.20. The summed E-state index contributed by atoms with van der Waals surface area (Å²) in [5.74, 6) is -2.45. The SMILES string of the molecule is CC(=O)OC1C(OC(C)=O)[C@@H](OC(C)=O)C(C)O[C@H]1OCCC(=O)OCc1ccccc1. The predicted octanol–water partition coefficient (Wildman–Crippen LogP) is 1.68. The van der Waals surface area contributed by atoms with Gasteiger partial charge in [-0.15, -0.1) is 0 Å². The number of hydrogen-bond acceptors (Lipinski definition) is 10. The minimum Gasteiger partial charge on any atom is -0.461 e. The van der Waals surface area contributed by atoms with E-state index in [2.05, 4.69) is 0 Å². The van der Waals surface area contributed by atoms with Gasteiger partial charge in [0.15, 0.2) is 24.6 Å². The monoisotopic (exact) mass is 452 g/mol. The van der Waals surface area contributed by atoms with Gasteiger partial charge in [0.05, 0.1) is 19.1 Å². The van der Waals surface area contributed by atoms with Crippen molar-refractivity contribution in [2.75, 3.05) is 6.61 Å². The molecule has 10 heteroatoms. The number of carbonyl (C=O) groups excluding carboxylic acids is 4. The van der Waals surface area contributed by atoms with Crippen LogP contribution in [0, 0.1) is 0 Å². The molecule has 32 heavy (non-hydrogen) atoms. The Morgan fingerprint density at radius 1 is 0.844 bits per heavy atom. The molecule has 0 aromatic heterocycles. The van der Waals surface area contributed by atoms with Crippen LogP contribution in [0.25, 0.3) is 0 Å². The van der Waals surface area contributed by atoms with Crippen LogP contribution in [0.4, 0.5) is 0 Å². The number of hydrogen-bond donors (Lipinski definition) is 0. The zero-order valence-corrected chi connectivity index (χ0v) is 18.5. The summed E-state index contributed by atoms with van der Waals surface area (Å²) in [7, 11) is 0. The summed E-state index contributed by atoms with van der Waals surface area (Å²) in [6.45, 7) is 5.16. The van der Waals surface area contributed by atoms with Gasteiger partial charge in [0.1, 0.15) is 6.61 Å². The van der Waals surface area contributed by atoms with Gasteiger partial charge in [0.2, 0.25) is 0 Å². The zero-order chi connectivity index (χ0) is 23.7. The van der Waals surface area contributed by atoms with Crippen LogP contribution in [0.15, 0.2) is 30.3 Å². The summed E-state index contributed by atoms with van der Waals surface area (Å²) < 4.78 is 32.3. The first kappa shape index (κ1) is 25.3.